The molecule has 0 spiro atoms. The Kier molecular flexibility index (Phi) is 3.61. The van der Waals surface area contributed by atoms with E-state index >= 15 is 0 Å². The third-order valence-electron chi connectivity index (χ3n) is 5.84. The van der Waals surface area contributed by atoms with Crippen molar-refractivity contribution >= 4 is 0 Å². The first-order chi connectivity index (χ1) is 9.91. The highest BCUT2D eigenvalue weighted by molar-refractivity contribution is 5.44. The third-order valence-corrected chi connectivity index (χ3v) is 5.84. The van der Waals surface area contributed by atoms with Crippen molar-refractivity contribution in [2.24, 2.45) is 5.92 Å². The Morgan fingerprint density at radius 1 is 1.43 bits per heavy atom. The van der Waals surface area contributed by atoms with Crippen LogP contribution in [0.4, 0.5) is 0 Å². The van der Waals surface area contributed by atoms with Crippen LogP contribution in [0.15, 0.2) is 29.8 Å². The van der Waals surface area contributed by atoms with Crippen LogP contribution in [0.2, 0.25) is 0 Å². The summed E-state index contributed by atoms with van der Waals surface area (Å²) in [4.78, 5) is 2.65. The summed E-state index contributed by atoms with van der Waals surface area (Å²) in [5.74, 6) is 1.04. The summed E-state index contributed by atoms with van der Waals surface area (Å²) in [7, 11) is 0. The molecule has 2 aliphatic rings. The van der Waals surface area contributed by atoms with Crippen molar-refractivity contribution < 1.29 is 5.11 Å². The van der Waals surface area contributed by atoms with Gasteiger partial charge in [-0.2, -0.15) is 0 Å². The van der Waals surface area contributed by atoms with Crippen LogP contribution in [0.1, 0.15) is 45.2 Å². The van der Waals surface area contributed by atoms with Crippen LogP contribution in [0.3, 0.4) is 0 Å². The van der Waals surface area contributed by atoms with Gasteiger partial charge in [-0.3, -0.25) is 4.90 Å². The molecule has 1 aliphatic heterocycles. The molecule has 0 amide bonds. The second-order valence-corrected chi connectivity index (χ2v) is 7.35. The van der Waals surface area contributed by atoms with Gasteiger partial charge in [0.2, 0.25) is 0 Å². The molecule has 0 aromatic heterocycles. The molecule has 2 bridgehead atoms. The molecular formula is C19H27NO. The number of likely N-dealkylation sites (tertiary alicyclic amines) is 1. The summed E-state index contributed by atoms with van der Waals surface area (Å²) in [5, 5.41) is 9.87. The highest BCUT2D eigenvalue weighted by Gasteiger charge is 2.48. The number of hydrogen-bond donors (Lipinski definition) is 1. The number of phenols is 1. The van der Waals surface area contributed by atoms with E-state index in [2.05, 4.69) is 44.7 Å². The molecule has 114 valence electrons. The van der Waals surface area contributed by atoms with E-state index in [1.54, 1.807) is 0 Å². The lowest BCUT2D eigenvalue weighted by atomic mass is 10.0. The van der Waals surface area contributed by atoms with Gasteiger partial charge in [0.05, 0.1) is 0 Å². The highest BCUT2D eigenvalue weighted by atomic mass is 16.3. The Hall–Kier alpha value is -1.28. The topological polar surface area (TPSA) is 23.5 Å². The maximum atomic E-state index is 9.87. The zero-order valence-electron chi connectivity index (χ0n) is 13.7. The van der Waals surface area contributed by atoms with Crippen molar-refractivity contribution in [3.8, 4) is 5.75 Å². The zero-order chi connectivity index (χ0) is 15.2. The molecule has 3 rings (SSSR count). The Labute approximate surface area is 128 Å². The monoisotopic (exact) mass is 291 g/mol. The molecule has 3 unspecified atom stereocenters. The van der Waals surface area contributed by atoms with E-state index < -0.39 is 0 Å². The van der Waals surface area contributed by atoms with Crippen LogP contribution in [0.5, 0.6) is 5.75 Å². The van der Waals surface area contributed by atoms with Gasteiger partial charge < -0.3 is 5.11 Å². The largest absolute Gasteiger partial charge is 0.508 e. The minimum absolute atomic E-state index is 0.207. The number of benzene rings is 1. The normalized spacial score (nSPS) is 31.6. The Bertz CT molecular complexity index is 573. The van der Waals surface area contributed by atoms with E-state index in [0.29, 0.717) is 17.7 Å². The molecule has 1 aromatic carbocycles. The summed E-state index contributed by atoms with van der Waals surface area (Å²) in [6.07, 6.45) is 4.64. The molecule has 1 fully saturated rings. The van der Waals surface area contributed by atoms with E-state index in [0.717, 1.165) is 19.5 Å². The third kappa shape index (κ3) is 2.40. The zero-order valence-corrected chi connectivity index (χ0v) is 13.7. The van der Waals surface area contributed by atoms with Crippen molar-refractivity contribution in [2.45, 2.75) is 52.0 Å². The second kappa shape index (κ2) is 5.17. The Morgan fingerprint density at radius 3 is 2.90 bits per heavy atom. The molecule has 1 heterocycles. The second-order valence-electron chi connectivity index (χ2n) is 7.35. The quantitative estimate of drug-likeness (QED) is 0.660. The number of hydrogen-bond acceptors (Lipinski definition) is 2. The molecule has 0 radical (unpaired) electrons. The predicted molar refractivity (Wildman–Crippen MR) is 87.7 cm³/mol. The summed E-state index contributed by atoms with van der Waals surface area (Å²) in [6.45, 7) is 11.4. The number of piperidine rings is 1. The minimum atomic E-state index is 0.207. The van der Waals surface area contributed by atoms with Gasteiger partial charge in [0.15, 0.2) is 0 Å². The fraction of sp³-hybridized carbons (Fsp3) is 0.579. The number of rotatable bonds is 2. The van der Waals surface area contributed by atoms with E-state index in [4.69, 9.17) is 0 Å². The summed E-state index contributed by atoms with van der Waals surface area (Å²) >= 11 is 0. The lowest BCUT2D eigenvalue weighted by Crippen LogP contribution is -2.57. The van der Waals surface area contributed by atoms with Crippen molar-refractivity contribution in [3.63, 3.8) is 0 Å². The Morgan fingerprint density at radius 2 is 2.19 bits per heavy atom. The molecule has 1 N–H and O–H groups in total. The maximum absolute atomic E-state index is 9.87. The van der Waals surface area contributed by atoms with Gasteiger partial charge in [0.1, 0.15) is 5.75 Å². The number of allylic oxidation sites excluding steroid dienone is 1. The van der Waals surface area contributed by atoms with Crippen LogP contribution in [0.25, 0.3) is 0 Å². The van der Waals surface area contributed by atoms with Crippen LogP contribution < -0.4 is 0 Å². The van der Waals surface area contributed by atoms with Gasteiger partial charge in [-0.25, -0.2) is 0 Å². The van der Waals surface area contributed by atoms with Gasteiger partial charge >= 0.3 is 0 Å². The van der Waals surface area contributed by atoms with E-state index in [1.165, 1.54) is 23.1 Å². The lowest BCUT2D eigenvalue weighted by Gasteiger charge is -2.54. The summed E-state index contributed by atoms with van der Waals surface area (Å²) in [6, 6.07) is 6.60. The number of nitrogens with zero attached hydrogens (tertiary/aromatic N) is 1. The molecular weight excluding hydrogens is 264 g/mol. The van der Waals surface area contributed by atoms with E-state index in [-0.39, 0.29) is 5.41 Å². The average molecular weight is 291 g/mol. The van der Waals surface area contributed by atoms with E-state index in [1.807, 2.05) is 12.1 Å². The van der Waals surface area contributed by atoms with Gasteiger partial charge in [0, 0.05) is 12.6 Å². The molecule has 3 atom stereocenters. The maximum Gasteiger partial charge on any atom is 0.115 e. The smallest absolute Gasteiger partial charge is 0.115 e. The standard InChI is InChI=1S/C19H27NO/c1-13(2)7-9-20-10-8-19(4)14(3)18(20)11-15-5-6-16(21)12-17(15)19/h5-7,12,14,18,21H,8-11H2,1-4H3/i4+1,12+1,14+1,16+1,17+1,19+1. The van der Waals surface area contributed by atoms with Gasteiger partial charge in [-0.1, -0.05) is 31.6 Å². The molecule has 21 heavy (non-hydrogen) atoms. The number of fused-ring (bicyclic) bond motifs is 4. The first kappa shape index (κ1) is 14.6. The van der Waals surface area contributed by atoms with Crippen LogP contribution in [-0.4, -0.2) is 29.1 Å². The first-order valence-electron chi connectivity index (χ1n) is 8.11. The van der Waals surface area contributed by atoms with Crippen LogP contribution in [-0.2, 0) is 11.8 Å². The van der Waals surface area contributed by atoms with Gasteiger partial charge in [-0.15, -0.1) is 0 Å². The molecule has 1 saturated heterocycles. The number of aromatic hydroxyl groups is 1. The van der Waals surface area contributed by atoms with Crippen molar-refractivity contribution in [3.05, 3.63) is 41.0 Å². The SMILES string of the molecule is CC(C)=CCN1CC[13C]2([13CH3])[13c]3[13cH][13c](O)ccc3CC1[13CH]2C. The van der Waals surface area contributed by atoms with Gasteiger partial charge in [0.25, 0.3) is 0 Å². The molecule has 1 aliphatic carbocycles. The molecule has 1 aromatic rings. The summed E-state index contributed by atoms with van der Waals surface area (Å²) in [5.41, 5.74) is 4.42. The van der Waals surface area contributed by atoms with Crippen LogP contribution >= 0.6 is 0 Å². The fourth-order valence-electron chi connectivity index (χ4n) is 4.22. The number of phenolic OH excluding ortho intramolecular Hbond substituents is 1. The van der Waals surface area contributed by atoms with Gasteiger partial charge in [-0.05, 0) is 67.8 Å². The highest BCUT2D eigenvalue weighted by Crippen LogP contribution is 2.49. The molecule has 2 nitrogen and oxygen atoms in total. The molecule has 0 saturated carbocycles. The predicted octanol–water partition coefficient (Wildman–Crippen LogP) is 3.88. The average Bonchev–Trinajstić information content (AvgIpc) is 2.43. The minimum Gasteiger partial charge on any atom is -0.508 e. The summed E-state index contributed by atoms with van der Waals surface area (Å²) < 4.78 is 0. The van der Waals surface area contributed by atoms with Crippen molar-refractivity contribution in [2.75, 3.05) is 13.1 Å². The van der Waals surface area contributed by atoms with Crippen molar-refractivity contribution in [1.82, 2.24) is 4.90 Å². The first-order valence-corrected chi connectivity index (χ1v) is 8.11. The van der Waals surface area contributed by atoms with Crippen molar-refractivity contribution in [1.29, 1.82) is 0 Å². The lowest BCUT2D eigenvalue weighted by molar-refractivity contribution is 0.0397. The van der Waals surface area contributed by atoms with E-state index in [9.17, 15) is 5.11 Å². The van der Waals surface area contributed by atoms with Crippen LogP contribution in [0, 0.1) is 5.92 Å². The fourth-order valence-corrected chi connectivity index (χ4v) is 4.22. The Balaban J connectivity index is 1.96. The molecule has 2 heteroatoms.